The molecule has 17 heavy (non-hydrogen) atoms. The summed E-state index contributed by atoms with van der Waals surface area (Å²) in [6.07, 6.45) is -0.667. The maximum absolute atomic E-state index is 11.4. The summed E-state index contributed by atoms with van der Waals surface area (Å²) in [5.74, 6) is 0.567. The van der Waals surface area contributed by atoms with E-state index >= 15 is 0 Å². The highest BCUT2D eigenvalue weighted by Gasteiger charge is 2.39. The number of rotatable bonds is 2. The van der Waals surface area contributed by atoms with Gasteiger partial charge < -0.3 is 9.47 Å². The van der Waals surface area contributed by atoms with Crippen molar-refractivity contribution in [1.82, 2.24) is 0 Å². The number of ether oxygens (including phenoxy) is 2. The number of benzene rings is 1. The van der Waals surface area contributed by atoms with Gasteiger partial charge in [0.15, 0.2) is 0 Å². The predicted molar refractivity (Wildman–Crippen MR) is 65.3 cm³/mol. The maximum Gasteiger partial charge on any atom is 0.241 e. The van der Waals surface area contributed by atoms with Gasteiger partial charge in [-0.25, -0.2) is 8.42 Å². The third-order valence-corrected chi connectivity index (χ3v) is 4.66. The molecule has 4 nitrogen and oxygen atoms in total. The number of halogens is 2. The Hall–Kier alpha value is -0.490. The van der Waals surface area contributed by atoms with Crippen LogP contribution in [0.3, 0.4) is 0 Å². The molecule has 0 bridgehead atoms. The molecule has 0 amide bonds. The zero-order chi connectivity index (χ0) is 12.6. The second kappa shape index (κ2) is 4.65. The molecule has 1 aromatic rings. The molecule has 0 aliphatic carbocycles. The molecule has 0 fully saturated rings. The molecule has 1 aromatic carbocycles. The Bertz CT molecular complexity index is 529. The fourth-order valence-corrected chi connectivity index (χ4v) is 3.24. The third-order valence-electron chi connectivity index (χ3n) is 2.63. The van der Waals surface area contributed by atoms with E-state index in [4.69, 9.17) is 31.8 Å². The Morgan fingerprint density at radius 3 is 2.76 bits per heavy atom. The predicted octanol–water partition coefficient (Wildman–Crippen LogP) is 2.36. The Balaban J connectivity index is 2.49. The molecule has 7 heteroatoms. The van der Waals surface area contributed by atoms with E-state index in [1.165, 1.54) is 7.11 Å². The van der Waals surface area contributed by atoms with Crippen molar-refractivity contribution >= 4 is 31.3 Å². The van der Waals surface area contributed by atoms with Gasteiger partial charge in [-0.05, 0) is 18.2 Å². The van der Waals surface area contributed by atoms with E-state index in [1.807, 2.05) is 0 Å². The molecule has 0 N–H and O–H groups in total. The topological polar surface area (TPSA) is 52.6 Å². The van der Waals surface area contributed by atoms with Crippen LogP contribution in [-0.4, -0.2) is 27.4 Å². The number of methoxy groups -OCH3 is 1. The van der Waals surface area contributed by atoms with Crippen LogP contribution < -0.4 is 4.74 Å². The lowest BCUT2D eigenvalue weighted by Gasteiger charge is -2.30. The number of hydrogen-bond acceptors (Lipinski definition) is 4. The van der Waals surface area contributed by atoms with Crippen LogP contribution in [0.25, 0.3) is 0 Å². The van der Waals surface area contributed by atoms with Crippen LogP contribution in [0.5, 0.6) is 5.75 Å². The monoisotopic (exact) mass is 296 g/mol. The summed E-state index contributed by atoms with van der Waals surface area (Å²) in [4.78, 5) is 0. The van der Waals surface area contributed by atoms with Crippen LogP contribution in [0.4, 0.5) is 0 Å². The fourth-order valence-electron chi connectivity index (χ4n) is 1.84. The summed E-state index contributed by atoms with van der Waals surface area (Å²) < 4.78 is 33.4. The molecule has 0 unspecified atom stereocenters. The highest BCUT2D eigenvalue weighted by Crippen LogP contribution is 2.39. The Kier molecular flexibility index (Phi) is 3.54. The molecule has 1 aliphatic rings. The van der Waals surface area contributed by atoms with Crippen molar-refractivity contribution in [2.75, 3.05) is 13.7 Å². The molecule has 2 rings (SSSR count). The Morgan fingerprint density at radius 1 is 1.47 bits per heavy atom. The van der Waals surface area contributed by atoms with E-state index in [0.717, 1.165) is 0 Å². The summed E-state index contributed by atoms with van der Waals surface area (Å²) in [6.45, 7) is -0.0288. The minimum absolute atomic E-state index is 0.0288. The third kappa shape index (κ3) is 2.52. The van der Waals surface area contributed by atoms with E-state index in [2.05, 4.69) is 0 Å². The van der Waals surface area contributed by atoms with E-state index in [0.29, 0.717) is 16.3 Å². The molecule has 0 radical (unpaired) electrons. The maximum atomic E-state index is 11.4. The summed E-state index contributed by atoms with van der Waals surface area (Å²) >= 11 is 5.87. The summed E-state index contributed by atoms with van der Waals surface area (Å²) in [6, 6.07) is 4.97. The fraction of sp³-hybridized carbons (Fsp3) is 0.400. The average Bonchev–Trinajstić information content (AvgIpc) is 2.26. The second-order valence-electron chi connectivity index (χ2n) is 3.66. The first-order valence-corrected chi connectivity index (χ1v) is 7.57. The lowest BCUT2D eigenvalue weighted by molar-refractivity contribution is 0.0675. The first kappa shape index (κ1) is 13.0. The first-order chi connectivity index (χ1) is 7.93. The van der Waals surface area contributed by atoms with Crippen LogP contribution in [0.2, 0.25) is 5.02 Å². The van der Waals surface area contributed by atoms with Crippen molar-refractivity contribution in [3.8, 4) is 5.75 Å². The van der Waals surface area contributed by atoms with Gasteiger partial charge in [-0.15, -0.1) is 0 Å². The minimum Gasteiger partial charge on any atom is -0.492 e. The molecule has 94 valence electrons. The Labute approximate surface area is 109 Å². The normalized spacial score (nSPS) is 23.9. The van der Waals surface area contributed by atoms with Gasteiger partial charge in [0.2, 0.25) is 9.05 Å². The van der Waals surface area contributed by atoms with Crippen LogP contribution in [0.15, 0.2) is 18.2 Å². The molecular weight excluding hydrogens is 287 g/mol. The highest BCUT2D eigenvalue weighted by molar-refractivity contribution is 8.14. The SMILES string of the molecule is CO[C@@H]1c2cc(Cl)ccc2OC[C@@H]1S(=O)(=O)Cl. The average molecular weight is 297 g/mol. The minimum atomic E-state index is -3.76. The number of hydrogen-bond donors (Lipinski definition) is 0. The van der Waals surface area contributed by atoms with Crippen molar-refractivity contribution < 1.29 is 17.9 Å². The van der Waals surface area contributed by atoms with Gasteiger partial charge in [0.25, 0.3) is 0 Å². The standard InChI is InChI=1S/C10H10Cl2O4S/c1-15-10-7-4-6(11)2-3-8(7)16-5-9(10)17(12,13)14/h2-4,9-10H,5H2,1H3/t9-,10+/m0/s1. The quantitative estimate of drug-likeness (QED) is 0.786. The van der Waals surface area contributed by atoms with Gasteiger partial charge in [0.1, 0.15) is 23.7 Å². The molecule has 0 aromatic heterocycles. The molecule has 0 saturated carbocycles. The van der Waals surface area contributed by atoms with Gasteiger partial charge in [-0.2, -0.15) is 0 Å². The summed E-state index contributed by atoms with van der Waals surface area (Å²) in [5.41, 5.74) is 0.598. The van der Waals surface area contributed by atoms with Crippen molar-refractivity contribution in [2.24, 2.45) is 0 Å². The van der Waals surface area contributed by atoms with Crippen LogP contribution in [0, 0.1) is 0 Å². The molecule has 1 heterocycles. The zero-order valence-electron chi connectivity index (χ0n) is 8.89. The molecule has 0 spiro atoms. The van der Waals surface area contributed by atoms with Crippen molar-refractivity contribution in [1.29, 1.82) is 0 Å². The van der Waals surface area contributed by atoms with Crippen molar-refractivity contribution in [3.05, 3.63) is 28.8 Å². The van der Waals surface area contributed by atoms with E-state index in [1.54, 1.807) is 18.2 Å². The van der Waals surface area contributed by atoms with E-state index < -0.39 is 20.4 Å². The molecule has 0 saturated heterocycles. The van der Waals surface area contributed by atoms with Crippen LogP contribution in [-0.2, 0) is 13.8 Å². The Morgan fingerprint density at radius 2 is 2.18 bits per heavy atom. The molecule has 1 aliphatic heterocycles. The zero-order valence-corrected chi connectivity index (χ0v) is 11.2. The first-order valence-electron chi connectivity index (χ1n) is 4.82. The van der Waals surface area contributed by atoms with Gasteiger partial charge in [-0.3, -0.25) is 0 Å². The van der Waals surface area contributed by atoms with E-state index in [-0.39, 0.29) is 6.61 Å². The van der Waals surface area contributed by atoms with Crippen LogP contribution in [0.1, 0.15) is 11.7 Å². The lowest BCUT2D eigenvalue weighted by atomic mass is 10.0. The lowest BCUT2D eigenvalue weighted by Crippen LogP contribution is -2.36. The van der Waals surface area contributed by atoms with Crippen molar-refractivity contribution in [3.63, 3.8) is 0 Å². The second-order valence-corrected chi connectivity index (χ2v) is 6.95. The summed E-state index contributed by atoms with van der Waals surface area (Å²) in [7, 11) is 3.03. The van der Waals surface area contributed by atoms with Crippen LogP contribution >= 0.6 is 22.3 Å². The molecule has 2 atom stereocenters. The van der Waals surface area contributed by atoms with Gasteiger partial charge in [0, 0.05) is 28.4 Å². The van der Waals surface area contributed by atoms with Crippen molar-refractivity contribution in [2.45, 2.75) is 11.4 Å². The van der Waals surface area contributed by atoms with Gasteiger partial charge in [0.05, 0.1) is 0 Å². The van der Waals surface area contributed by atoms with Gasteiger partial charge >= 0.3 is 0 Å². The van der Waals surface area contributed by atoms with E-state index in [9.17, 15) is 8.42 Å². The number of fused-ring (bicyclic) bond motifs is 1. The highest BCUT2D eigenvalue weighted by atomic mass is 35.7. The smallest absolute Gasteiger partial charge is 0.241 e. The molecular formula is C10H10Cl2O4S. The summed E-state index contributed by atoms with van der Waals surface area (Å²) in [5, 5.41) is -0.442. The largest absolute Gasteiger partial charge is 0.492 e. The van der Waals surface area contributed by atoms with Gasteiger partial charge in [-0.1, -0.05) is 11.6 Å².